The topological polar surface area (TPSA) is 201 Å². The summed E-state index contributed by atoms with van der Waals surface area (Å²) in [7, 11) is 0. The number of aliphatic hydroxyl groups is 3. The highest BCUT2D eigenvalue weighted by Gasteiger charge is 2.13. The highest BCUT2D eigenvalue weighted by atomic mass is 16.6. The minimum atomic E-state index is -1.05. The fourth-order valence-electron chi connectivity index (χ4n) is 2.21. The van der Waals surface area contributed by atoms with E-state index in [1.165, 1.54) is 20.8 Å². The first-order chi connectivity index (χ1) is 22.0. The molecule has 0 saturated heterocycles. The van der Waals surface area contributed by atoms with Gasteiger partial charge in [0.1, 0.15) is 63.7 Å². The molecule has 0 saturated carbocycles. The number of hydrogen-bond acceptors (Lipinski definition) is 14. The molecule has 0 aliphatic carbocycles. The van der Waals surface area contributed by atoms with Gasteiger partial charge in [0.15, 0.2) is 0 Å². The van der Waals surface area contributed by atoms with E-state index in [-0.39, 0.29) is 56.4 Å². The number of esters is 5. The van der Waals surface area contributed by atoms with Crippen LogP contribution >= 0.6 is 0 Å². The molecule has 260 valence electrons. The fraction of sp³-hybridized carbons (Fsp3) is 0.364. The summed E-state index contributed by atoms with van der Waals surface area (Å²) in [5.41, 5.74) is 0.725. The normalized spacial score (nSPS) is 10.9. The zero-order valence-corrected chi connectivity index (χ0v) is 26.9. The Morgan fingerprint density at radius 2 is 0.872 bits per heavy atom. The molecule has 1 rings (SSSR count). The van der Waals surface area contributed by atoms with Crippen LogP contribution in [-0.4, -0.2) is 103 Å². The van der Waals surface area contributed by atoms with Crippen LogP contribution < -0.4 is 4.74 Å². The Morgan fingerprint density at radius 1 is 0.574 bits per heavy atom. The minimum absolute atomic E-state index is 0.0778. The molecular weight excluding hydrogens is 620 g/mol. The van der Waals surface area contributed by atoms with Gasteiger partial charge >= 0.3 is 29.8 Å². The van der Waals surface area contributed by atoms with Gasteiger partial charge in [0.25, 0.3) is 0 Å². The maximum absolute atomic E-state index is 10.9. The van der Waals surface area contributed by atoms with Crippen molar-refractivity contribution in [3.8, 4) is 5.75 Å². The van der Waals surface area contributed by atoms with Crippen molar-refractivity contribution in [1.29, 1.82) is 0 Å². The van der Waals surface area contributed by atoms with Crippen LogP contribution in [0, 0.1) is 0 Å². The highest BCUT2D eigenvalue weighted by Crippen LogP contribution is 2.08. The summed E-state index contributed by atoms with van der Waals surface area (Å²) in [4.78, 5) is 54.1. The van der Waals surface area contributed by atoms with E-state index in [9.17, 15) is 39.3 Å². The Kier molecular flexibility index (Phi) is 24.6. The summed E-state index contributed by atoms with van der Waals surface area (Å²) in [6, 6.07) is 9.10. The molecule has 0 heterocycles. The van der Waals surface area contributed by atoms with Crippen LogP contribution in [0.5, 0.6) is 5.75 Å². The maximum atomic E-state index is 10.9. The zero-order chi connectivity index (χ0) is 36.4. The lowest BCUT2D eigenvalue weighted by Crippen LogP contribution is -2.25. The van der Waals surface area contributed by atoms with E-state index in [2.05, 4.69) is 56.6 Å². The molecule has 3 N–H and O–H groups in total. The lowest BCUT2D eigenvalue weighted by atomic mass is 10.3. The molecule has 1 aromatic carbocycles. The lowest BCUT2D eigenvalue weighted by Gasteiger charge is -2.11. The first kappa shape index (κ1) is 44.1. The van der Waals surface area contributed by atoms with Crippen molar-refractivity contribution in [2.24, 2.45) is 0 Å². The molecule has 1 aromatic rings. The van der Waals surface area contributed by atoms with Crippen LogP contribution in [0.1, 0.15) is 20.8 Å². The number of para-hydroxylation sites is 1. The van der Waals surface area contributed by atoms with Crippen molar-refractivity contribution >= 4 is 29.8 Å². The van der Waals surface area contributed by atoms with Gasteiger partial charge in [0, 0.05) is 28.9 Å². The molecule has 0 radical (unpaired) electrons. The molecule has 0 fully saturated rings. The van der Waals surface area contributed by atoms with Gasteiger partial charge in [-0.2, -0.15) is 0 Å². The quantitative estimate of drug-likeness (QED) is 0.117. The Bertz CT molecular complexity index is 1170. The Labute approximate surface area is 274 Å². The van der Waals surface area contributed by atoms with E-state index in [1.807, 2.05) is 18.2 Å². The highest BCUT2D eigenvalue weighted by molar-refractivity contribution is 5.87. The molecule has 14 nitrogen and oxygen atoms in total. The number of rotatable bonds is 18. The summed E-state index contributed by atoms with van der Waals surface area (Å²) in [5.74, 6) is -2.31. The van der Waals surface area contributed by atoms with E-state index in [4.69, 9.17) is 4.74 Å². The molecule has 0 aromatic heterocycles. The second kappa shape index (κ2) is 26.2. The first-order valence-electron chi connectivity index (χ1n) is 13.8. The van der Waals surface area contributed by atoms with Gasteiger partial charge in [-0.05, 0) is 32.9 Å². The summed E-state index contributed by atoms with van der Waals surface area (Å²) < 4.78 is 28.4. The van der Waals surface area contributed by atoms with Crippen LogP contribution in [0.3, 0.4) is 0 Å². The summed E-state index contributed by atoms with van der Waals surface area (Å²) in [6.45, 7) is 20.0. The van der Waals surface area contributed by atoms with Crippen molar-refractivity contribution in [1.82, 2.24) is 0 Å². The van der Waals surface area contributed by atoms with Crippen LogP contribution in [0.2, 0.25) is 0 Å². The van der Waals surface area contributed by atoms with E-state index in [0.717, 1.165) is 12.2 Å². The molecule has 0 aliphatic rings. The van der Waals surface area contributed by atoms with Gasteiger partial charge in [-0.25, -0.2) is 24.0 Å². The molecule has 0 spiro atoms. The molecule has 47 heavy (non-hydrogen) atoms. The molecule has 14 heteroatoms. The van der Waals surface area contributed by atoms with Crippen molar-refractivity contribution in [3.05, 3.63) is 92.1 Å². The van der Waals surface area contributed by atoms with Crippen LogP contribution in [0.4, 0.5) is 0 Å². The third-order valence-electron chi connectivity index (χ3n) is 4.62. The monoisotopic (exact) mass is 664 g/mol. The van der Waals surface area contributed by atoms with Gasteiger partial charge in [-0.3, -0.25) is 0 Å². The SMILES string of the molecule is C=C(C)C(=O)OCC(O)COC(=O)C(=C)C.C=CC(=O)OCC(O)COC(=O)C(=C)C.C=CC(=O)OCC(O)COc1ccccc1. The van der Waals surface area contributed by atoms with Gasteiger partial charge < -0.3 is 43.7 Å². The number of carbonyl (C=O) groups is 5. The van der Waals surface area contributed by atoms with Gasteiger partial charge in [-0.15, -0.1) is 0 Å². The fourth-order valence-corrected chi connectivity index (χ4v) is 2.21. The van der Waals surface area contributed by atoms with E-state index < -0.39 is 48.2 Å². The summed E-state index contributed by atoms with van der Waals surface area (Å²) >= 11 is 0. The van der Waals surface area contributed by atoms with Crippen molar-refractivity contribution < 1.29 is 67.7 Å². The number of carbonyl (C=O) groups excluding carboxylic acids is 5. The van der Waals surface area contributed by atoms with Crippen molar-refractivity contribution in [2.45, 2.75) is 39.1 Å². The number of aliphatic hydroxyl groups excluding tert-OH is 3. The van der Waals surface area contributed by atoms with Crippen molar-refractivity contribution in [3.63, 3.8) is 0 Å². The second-order valence-corrected chi connectivity index (χ2v) is 9.39. The summed E-state index contributed by atoms with van der Waals surface area (Å²) in [6.07, 6.45) is -0.912. The molecule has 2 unspecified atom stereocenters. The molecule has 0 amide bonds. The van der Waals surface area contributed by atoms with Gasteiger partial charge in [0.2, 0.25) is 0 Å². The second-order valence-electron chi connectivity index (χ2n) is 9.39. The largest absolute Gasteiger partial charge is 0.491 e. The third-order valence-corrected chi connectivity index (χ3v) is 4.62. The van der Waals surface area contributed by atoms with E-state index >= 15 is 0 Å². The first-order valence-corrected chi connectivity index (χ1v) is 13.8. The van der Waals surface area contributed by atoms with Crippen LogP contribution in [-0.2, 0) is 47.7 Å². The Morgan fingerprint density at radius 3 is 1.17 bits per heavy atom. The van der Waals surface area contributed by atoms with Crippen molar-refractivity contribution in [2.75, 3.05) is 39.6 Å². The molecular formula is C33H44O14. The summed E-state index contributed by atoms with van der Waals surface area (Å²) in [5, 5.41) is 27.9. The van der Waals surface area contributed by atoms with Crippen LogP contribution in [0.25, 0.3) is 0 Å². The lowest BCUT2D eigenvalue weighted by molar-refractivity contribution is -0.148. The number of ether oxygens (including phenoxy) is 6. The smallest absolute Gasteiger partial charge is 0.333 e. The molecule has 0 bridgehead atoms. The molecule has 0 aliphatic heterocycles. The minimum Gasteiger partial charge on any atom is -0.491 e. The van der Waals surface area contributed by atoms with E-state index in [1.54, 1.807) is 12.1 Å². The van der Waals surface area contributed by atoms with Gasteiger partial charge in [0.05, 0.1) is 0 Å². The molecule has 2 atom stereocenters. The predicted molar refractivity (Wildman–Crippen MR) is 170 cm³/mol. The van der Waals surface area contributed by atoms with E-state index in [0.29, 0.717) is 5.75 Å². The Balaban J connectivity index is 0. The average molecular weight is 665 g/mol. The standard InChI is InChI=1S/C12H14O4.C11H16O5.C10H14O5/c1-2-12(14)16-9-10(13)8-15-11-6-4-3-5-7-11;1-7(2)10(13)15-5-9(12)6-16-11(14)8(3)4;1-4-9(12)14-5-8(11)6-15-10(13)7(2)3/h2-7,10,13H,1,8-9H2;9,12H,1,3,5-6H2,2,4H3;4,8,11H,1-2,5-6H2,3H3. The number of hydrogen-bond donors (Lipinski definition) is 3. The maximum Gasteiger partial charge on any atom is 0.333 e. The Hall–Kier alpha value is -5.05. The zero-order valence-electron chi connectivity index (χ0n) is 26.9. The average Bonchev–Trinajstić information content (AvgIpc) is 3.05. The third kappa shape index (κ3) is 25.9. The number of benzene rings is 1. The van der Waals surface area contributed by atoms with Gasteiger partial charge in [-0.1, -0.05) is 51.1 Å². The van der Waals surface area contributed by atoms with Crippen LogP contribution in [0.15, 0.2) is 92.1 Å². The predicted octanol–water partition coefficient (Wildman–Crippen LogP) is 1.94.